The Hall–Kier alpha value is -1.12. The Bertz CT molecular complexity index is 240. The maximum atomic E-state index is 12.5. The maximum absolute atomic E-state index is 12.5. The molecule has 1 rings (SSSR count). The standard InChI is InChI=1S/C7H7FO2/c1-2-5-3-6(8)7(4-9)10-5/h3-4H,2H2,1H3. The van der Waals surface area contributed by atoms with Crippen molar-refractivity contribution in [1.82, 2.24) is 0 Å². The van der Waals surface area contributed by atoms with Crippen LogP contribution in [0.3, 0.4) is 0 Å². The van der Waals surface area contributed by atoms with Crippen LogP contribution in [0.25, 0.3) is 0 Å². The number of furan rings is 1. The van der Waals surface area contributed by atoms with E-state index >= 15 is 0 Å². The molecular formula is C7H7FO2. The highest BCUT2D eigenvalue weighted by atomic mass is 19.1. The number of hydrogen-bond acceptors (Lipinski definition) is 2. The van der Waals surface area contributed by atoms with Crippen LogP contribution in [0.5, 0.6) is 0 Å². The number of aryl methyl sites for hydroxylation is 1. The van der Waals surface area contributed by atoms with Gasteiger partial charge >= 0.3 is 0 Å². The van der Waals surface area contributed by atoms with E-state index in [0.717, 1.165) is 0 Å². The fourth-order valence-electron chi connectivity index (χ4n) is 0.686. The van der Waals surface area contributed by atoms with Gasteiger partial charge in [0, 0.05) is 12.5 Å². The van der Waals surface area contributed by atoms with Crippen LogP contribution in [0.15, 0.2) is 10.5 Å². The Balaban J connectivity index is 3.03. The molecule has 0 fully saturated rings. The summed E-state index contributed by atoms with van der Waals surface area (Å²) < 4.78 is 17.2. The van der Waals surface area contributed by atoms with Crippen molar-refractivity contribution in [2.24, 2.45) is 0 Å². The third kappa shape index (κ3) is 1.07. The first-order valence-electron chi connectivity index (χ1n) is 3.01. The highest BCUT2D eigenvalue weighted by Crippen LogP contribution is 2.11. The van der Waals surface area contributed by atoms with Crippen LogP contribution < -0.4 is 0 Å². The SMILES string of the molecule is CCc1cc(F)c(C=O)o1. The Morgan fingerprint density at radius 1 is 1.80 bits per heavy atom. The van der Waals surface area contributed by atoms with Gasteiger partial charge in [-0.15, -0.1) is 0 Å². The van der Waals surface area contributed by atoms with Crippen LogP contribution in [0.2, 0.25) is 0 Å². The first-order chi connectivity index (χ1) is 4.77. The van der Waals surface area contributed by atoms with Crippen molar-refractivity contribution in [2.45, 2.75) is 13.3 Å². The van der Waals surface area contributed by atoms with Gasteiger partial charge in [0.05, 0.1) is 0 Å². The zero-order valence-corrected chi connectivity index (χ0v) is 5.56. The summed E-state index contributed by atoms with van der Waals surface area (Å²) in [6.45, 7) is 1.83. The van der Waals surface area contributed by atoms with Crippen molar-refractivity contribution in [2.75, 3.05) is 0 Å². The fraction of sp³-hybridized carbons (Fsp3) is 0.286. The van der Waals surface area contributed by atoms with Crippen molar-refractivity contribution in [3.05, 3.63) is 23.4 Å². The Kier molecular flexibility index (Phi) is 1.85. The second kappa shape index (κ2) is 2.64. The molecule has 0 radical (unpaired) electrons. The molecule has 0 atom stereocenters. The van der Waals surface area contributed by atoms with E-state index in [4.69, 9.17) is 4.42 Å². The van der Waals surface area contributed by atoms with Gasteiger partial charge in [-0.1, -0.05) is 6.92 Å². The molecule has 54 valence electrons. The van der Waals surface area contributed by atoms with Crippen molar-refractivity contribution >= 4 is 6.29 Å². The van der Waals surface area contributed by atoms with Gasteiger partial charge in [0.15, 0.2) is 12.1 Å². The summed E-state index contributed by atoms with van der Waals surface area (Å²) in [7, 11) is 0. The molecule has 0 unspecified atom stereocenters. The third-order valence-corrected chi connectivity index (χ3v) is 1.22. The summed E-state index contributed by atoms with van der Waals surface area (Å²) in [6, 6.07) is 1.23. The van der Waals surface area contributed by atoms with Crippen LogP contribution in [0, 0.1) is 5.82 Å². The largest absolute Gasteiger partial charge is 0.455 e. The van der Waals surface area contributed by atoms with Gasteiger partial charge in [0.1, 0.15) is 5.76 Å². The fourth-order valence-corrected chi connectivity index (χ4v) is 0.686. The van der Waals surface area contributed by atoms with Gasteiger partial charge in [-0.25, -0.2) is 4.39 Å². The Labute approximate surface area is 57.6 Å². The number of halogens is 1. The first-order valence-corrected chi connectivity index (χ1v) is 3.01. The van der Waals surface area contributed by atoms with Gasteiger partial charge in [0.2, 0.25) is 5.76 Å². The summed E-state index contributed by atoms with van der Waals surface area (Å²) in [5.74, 6) is -0.289. The number of rotatable bonds is 2. The third-order valence-electron chi connectivity index (χ3n) is 1.22. The molecule has 0 aliphatic rings. The Morgan fingerprint density at radius 2 is 2.50 bits per heavy atom. The summed E-state index contributed by atoms with van der Waals surface area (Å²) in [5.41, 5.74) is 0. The van der Waals surface area contributed by atoms with Crippen LogP contribution in [0.4, 0.5) is 4.39 Å². The van der Waals surface area contributed by atoms with E-state index in [2.05, 4.69) is 0 Å². The van der Waals surface area contributed by atoms with Crippen LogP contribution in [-0.2, 0) is 6.42 Å². The average Bonchev–Trinajstić information content (AvgIpc) is 2.30. The van der Waals surface area contributed by atoms with E-state index in [-0.39, 0.29) is 5.76 Å². The zero-order valence-electron chi connectivity index (χ0n) is 5.56. The predicted molar refractivity (Wildman–Crippen MR) is 33.4 cm³/mol. The highest BCUT2D eigenvalue weighted by Gasteiger charge is 2.07. The second-order valence-corrected chi connectivity index (χ2v) is 1.90. The molecule has 0 saturated carbocycles. The lowest BCUT2D eigenvalue weighted by Crippen LogP contribution is -1.75. The number of carbonyl (C=O) groups is 1. The molecule has 2 nitrogen and oxygen atoms in total. The molecule has 1 aromatic heterocycles. The van der Waals surface area contributed by atoms with Crippen molar-refractivity contribution in [3.8, 4) is 0 Å². The molecule has 1 heterocycles. The molecule has 0 aliphatic carbocycles. The van der Waals surface area contributed by atoms with Gasteiger partial charge < -0.3 is 4.42 Å². The average molecular weight is 142 g/mol. The number of carbonyl (C=O) groups excluding carboxylic acids is 1. The summed E-state index contributed by atoms with van der Waals surface area (Å²) in [5, 5.41) is 0. The molecule has 0 amide bonds. The molecule has 1 aromatic rings. The first kappa shape index (κ1) is 6.99. The van der Waals surface area contributed by atoms with Crippen molar-refractivity contribution < 1.29 is 13.6 Å². The highest BCUT2D eigenvalue weighted by molar-refractivity contribution is 5.70. The Morgan fingerprint density at radius 3 is 2.80 bits per heavy atom. The van der Waals surface area contributed by atoms with Crippen LogP contribution in [0.1, 0.15) is 23.2 Å². The second-order valence-electron chi connectivity index (χ2n) is 1.90. The lowest BCUT2D eigenvalue weighted by Gasteiger charge is -1.82. The molecular weight excluding hydrogens is 135 g/mol. The molecule has 3 heteroatoms. The van der Waals surface area contributed by atoms with E-state index in [0.29, 0.717) is 18.5 Å². The lowest BCUT2D eigenvalue weighted by molar-refractivity contribution is 0.109. The topological polar surface area (TPSA) is 30.2 Å². The van der Waals surface area contributed by atoms with E-state index < -0.39 is 5.82 Å². The van der Waals surface area contributed by atoms with Crippen molar-refractivity contribution in [3.63, 3.8) is 0 Å². The number of aldehydes is 1. The van der Waals surface area contributed by atoms with E-state index in [9.17, 15) is 9.18 Å². The monoisotopic (exact) mass is 142 g/mol. The molecule has 0 N–H and O–H groups in total. The molecule has 0 bridgehead atoms. The zero-order chi connectivity index (χ0) is 7.56. The summed E-state index contributed by atoms with van der Waals surface area (Å²) >= 11 is 0. The molecule has 0 saturated heterocycles. The minimum Gasteiger partial charge on any atom is -0.455 e. The molecule has 0 spiro atoms. The van der Waals surface area contributed by atoms with Crippen LogP contribution in [-0.4, -0.2) is 6.29 Å². The minimum atomic E-state index is -0.577. The van der Waals surface area contributed by atoms with Crippen LogP contribution >= 0.6 is 0 Å². The number of hydrogen-bond donors (Lipinski definition) is 0. The van der Waals surface area contributed by atoms with E-state index in [1.165, 1.54) is 6.07 Å². The summed E-state index contributed by atoms with van der Waals surface area (Å²) in [4.78, 5) is 10.0. The van der Waals surface area contributed by atoms with E-state index in [1.54, 1.807) is 0 Å². The van der Waals surface area contributed by atoms with Gasteiger partial charge in [-0.05, 0) is 0 Å². The quantitative estimate of drug-likeness (QED) is 0.589. The van der Waals surface area contributed by atoms with E-state index in [1.807, 2.05) is 6.92 Å². The van der Waals surface area contributed by atoms with Gasteiger partial charge in [-0.3, -0.25) is 4.79 Å². The van der Waals surface area contributed by atoms with Gasteiger partial charge in [0.25, 0.3) is 0 Å². The minimum absolute atomic E-state index is 0.211. The predicted octanol–water partition coefficient (Wildman–Crippen LogP) is 1.79. The lowest BCUT2D eigenvalue weighted by atomic mass is 10.3. The summed E-state index contributed by atoms with van der Waals surface area (Å²) in [6.07, 6.45) is 0.971. The van der Waals surface area contributed by atoms with Gasteiger partial charge in [-0.2, -0.15) is 0 Å². The molecule has 0 aliphatic heterocycles. The molecule has 0 aromatic carbocycles. The maximum Gasteiger partial charge on any atom is 0.202 e. The smallest absolute Gasteiger partial charge is 0.202 e. The normalized spacial score (nSPS) is 9.80. The molecule has 10 heavy (non-hydrogen) atoms. The van der Waals surface area contributed by atoms with Crippen molar-refractivity contribution in [1.29, 1.82) is 0 Å².